The lowest BCUT2D eigenvalue weighted by molar-refractivity contribution is 0.0923. The van der Waals surface area contributed by atoms with Gasteiger partial charge in [-0.2, -0.15) is 0 Å². The van der Waals surface area contributed by atoms with Crippen molar-refractivity contribution in [2.75, 3.05) is 25.1 Å². The number of aryl methyl sites for hydroxylation is 1. The fourth-order valence-electron chi connectivity index (χ4n) is 2.61. The third-order valence-electron chi connectivity index (χ3n) is 4.02. The summed E-state index contributed by atoms with van der Waals surface area (Å²) in [6.07, 6.45) is 2.06. The molecule has 4 nitrogen and oxygen atoms in total. The minimum Gasteiger partial charge on any atom is -0.384 e. The second-order valence-electron chi connectivity index (χ2n) is 5.86. The van der Waals surface area contributed by atoms with Crippen LogP contribution in [0.25, 0.3) is 0 Å². The Labute approximate surface area is 127 Å². The van der Waals surface area contributed by atoms with Crippen LogP contribution in [-0.4, -0.2) is 31.7 Å². The molecule has 1 aromatic rings. The van der Waals surface area contributed by atoms with Gasteiger partial charge in [-0.15, -0.1) is 0 Å². The molecular weight excluding hydrogens is 264 g/mol. The molecule has 0 saturated carbocycles. The molecule has 0 aromatic heterocycles. The molecule has 2 rings (SSSR count). The second-order valence-corrected chi connectivity index (χ2v) is 5.86. The van der Waals surface area contributed by atoms with E-state index in [0.717, 1.165) is 49.4 Å². The lowest BCUT2D eigenvalue weighted by atomic mass is 10.00. The highest BCUT2D eigenvalue weighted by molar-refractivity contribution is 5.99. The largest absolute Gasteiger partial charge is 0.384 e. The van der Waals surface area contributed by atoms with Crippen molar-refractivity contribution >= 4 is 11.6 Å². The van der Waals surface area contributed by atoms with Gasteiger partial charge in [0.05, 0.1) is 12.2 Å². The maximum absolute atomic E-state index is 12.5. The van der Waals surface area contributed by atoms with Gasteiger partial charge >= 0.3 is 0 Å². The standard InChI is InChI=1S/C17H26N2O2/c1-4-8-18-16-10-12(2)5-6-15(16)17(20)19-13(3)14-7-9-21-11-14/h5-6,10,13-14,18H,4,7-9,11H2,1-3H3,(H,19,20). The minimum atomic E-state index is -0.00648. The molecule has 2 atom stereocenters. The summed E-state index contributed by atoms with van der Waals surface area (Å²) in [5.41, 5.74) is 2.80. The Bertz CT molecular complexity index is 482. The third-order valence-corrected chi connectivity index (χ3v) is 4.02. The van der Waals surface area contributed by atoms with Gasteiger partial charge in [0.2, 0.25) is 0 Å². The topological polar surface area (TPSA) is 50.4 Å². The highest BCUT2D eigenvalue weighted by atomic mass is 16.5. The number of hydrogen-bond acceptors (Lipinski definition) is 3. The van der Waals surface area contributed by atoms with E-state index >= 15 is 0 Å². The summed E-state index contributed by atoms with van der Waals surface area (Å²) in [5.74, 6) is 0.416. The van der Waals surface area contributed by atoms with Crippen molar-refractivity contribution in [3.63, 3.8) is 0 Å². The first-order chi connectivity index (χ1) is 10.1. The SMILES string of the molecule is CCCNc1cc(C)ccc1C(=O)NC(C)C1CCOC1. The number of anilines is 1. The van der Waals surface area contributed by atoms with E-state index in [4.69, 9.17) is 4.74 Å². The number of carbonyl (C=O) groups excluding carboxylic acids is 1. The molecule has 1 fully saturated rings. The molecule has 1 aromatic carbocycles. The van der Waals surface area contributed by atoms with Gasteiger partial charge in [0, 0.05) is 30.8 Å². The molecule has 0 aliphatic carbocycles. The minimum absolute atomic E-state index is 0.00648. The van der Waals surface area contributed by atoms with E-state index in [1.54, 1.807) is 0 Å². The molecule has 2 N–H and O–H groups in total. The average molecular weight is 290 g/mol. The quantitative estimate of drug-likeness (QED) is 0.847. The predicted octanol–water partition coefficient (Wildman–Crippen LogP) is 2.97. The molecule has 1 saturated heterocycles. The smallest absolute Gasteiger partial charge is 0.253 e. The van der Waals surface area contributed by atoms with Crippen LogP contribution >= 0.6 is 0 Å². The molecular formula is C17H26N2O2. The molecule has 2 unspecified atom stereocenters. The van der Waals surface area contributed by atoms with Crippen LogP contribution in [0.4, 0.5) is 5.69 Å². The van der Waals surface area contributed by atoms with Crippen LogP contribution < -0.4 is 10.6 Å². The van der Waals surface area contributed by atoms with Crippen molar-refractivity contribution in [2.45, 2.75) is 39.7 Å². The fraction of sp³-hybridized carbons (Fsp3) is 0.588. The first-order valence-electron chi connectivity index (χ1n) is 7.85. The average Bonchev–Trinajstić information content (AvgIpc) is 2.99. The Morgan fingerprint density at radius 1 is 1.48 bits per heavy atom. The number of hydrogen-bond donors (Lipinski definition) is 2. The summed E-state index contributed by atoms with van der Waals surface area (Å²) in [7, 11) is 0. The van der Waals surface area contributed by atoms with Crippen LogP contribution in [0.1, 0.15) is 42.6 Å². The summed E-state index contributed by atoms with van der Waals surface area (Å²) in [6.45, 7) is 8.64. The zero-order valence-corrected chi connectivity index (χ0v) is 13.2. The number of rotatable bonds is 6. The van der Waals surface area contributed by atoms with Gasteiger partial charge in [0.25, 0.3) is 5.91 Å². The van der Waals surface area contributed by atoms with E-state index in [-0.39, 0.29) is 11.9 Å². The number of benzene rings is 1. The third kappa shape index (κ3) is 4.21. The highest BCUT2D eigenvalue weighted by Crippen LogP contribution is 2.20. The molecule has 1 amide bonds. The van der Waals surface area contributed by atoms with Gasteiger partial charge in [-0.1, -0.05) is 13.0 Å². The Morgan fingerprint density at radius 3 is 2.95 bits per heavy atom. The predicted molar refractivity (Wildman–Crippen MR) is 85.8 cm³/mol. The van der Waals surface area contributed by atoms with Crippen molar-refractivity contribution in [1.29, 1.82) is 0 Å². The summed E-state index contributed by atoms with van der Waals surface area (Å²) in [6, 6.07) is 6.06. The van der Waals surface area contributed by atoms with Crippen molar-refractivity contribution in [3.05, 3.63) is 29.3 Å². The first kappa shape index (κ1) is 15.8. The van der Waals surface area contributed by atoms with Crippen molar-refractivity contribution < 1.29 is 9.53 Å². The van der Waals surface area contributed by atoms with Gasteiger partial charge in [-0.25, -0.2) is 0 Å². The monoisotopic (exact) mass is 290 g/mol. The number of amides is 1. The van der Waals surface area contributed by atoms with Crippen LogP contribution in [0.5, 0.6) is 0 Å². The van der Waals surface area contributed by atoms with Gasteiger partial charge in [-0.3, -0.25) is 4.79 Å². The van der Waals surface area contributed by atoms with E-state index in [1.165, 1.54) is 0 Å². The van der Waals surface area contributed by atoms with Crippen LogP contribution in [0.3, 0.4) is 0 Å². The lowest BCUT2D eigenvalue weighted by Crippen LogP contribution is -2.38. The van der Waals surface area contributed by atoms with Crippen molar-refractivity contribution in [1.82, 2.24) is 5.32 Å². The molecule has 0 bridgehead atoms. The zero-order chi connectivity index (χ0) is 15.2. The molecule has 0 spiro atoms. The van der Waals surface area contributed by atoms with Crippen molar-refractivity contribution in [2.24, 2.45) is 5.92 Å². The maximum atomic E-state index is 12.5. The van der Waals surface area contributed by atoms with Crippen LogP contribution in [0, 0.1) is 12.8 Å². The normalized spacial score (nSPS) is 19.3. The first-order valence-corrected chi connectivity index (χ1v) is 7.85. The maximum Gasteiger partial charge on any atom is 0.253 e. The molecule has 1 aliphatic rings. The summed E-state index contributed by atoms with van der Waals surface area (Å²) in [4.78, 5) is 12.5. The van der Waals surface area contributed by atoms with Crippen molar-refractivity contribution in [3.8, 4) is 0 Å². The molecule has 116 valence electrons. The Morgan fingerprint density at radius 2 is 2.29 bits per heavy atom. The Balaban J connectivity index is 2.06. The molecule has 4 heteroatoms. The summed E-state index contributed by atoms with van der Waals surface area (Å²) in [5, 5.41) is 6.46. The van der Waals surface area contributed by atoms with Crippen LogP contribution in [-0.2, 0) is 4.74 Å². The Hall–Kier alpha value is -1.55. The van der Waals surface area contributed by atoms with E-state index < -0.39 is 0 Å². The number of nitrogens with one attached hydrogen (secondary N) is 2. The van der Waals surface area contributed by atoms with Gasteiger partial charge < -0.3 is 15.4 Å². The molecule has 0 radical (unpaired) electrons. The number of ether oxygens (including phenoxy) is 1. The van der Waals surface area contributed by atoms with E-state index in [2.05, 4.69) is 24.5 Å². The van der Waals surface area contributed by atoms with Gasteiger partial charge in [0.1, 0.15) is 0 Å². The van der Waals surface area contributed by atoms with Gasteiger partial charge in [0.15, 0.2) is 0 Å². The van der Waals surface area contributed by atoms with Crippen LogP contribution in [0.15, 0.2) is 18.2 Å². The highest BCUT2D eigenvalue weighted by Gasteiger charge is 2.24. The Kier molecular flexibility index (Phi) is 5.62. The molecule has 21 heavy (non-hydrogen) atoms. The van der Waals surface area contributed by atoms with E-state index in [1.807, 2.05) is 25.1 Å². The molecule has 1 heterocycles. The number of carbonyl (C=O) groups is 1. The van der Waals surface area contributed by atoms with E-state index in [9.17, 15) is 4.79 Å². The summed E-state index contributed by atoms with van der Waals surface area (Å²) < 4.78 is 5.39. The van der Waals surface area contributed by atoms with Crippen LogP contribution in [0.2, 0.25) is 0 Å². The second kappa shape index (κ2) is 7.46. The summed E-state index contributed by atoms with van der Waals surface area (Å²) >= 11 is 0. The lowest BCUT2D eigenvalue weighted by Gasteiger charge is -2.20. The zero-order valence-electron chi connectivity index (χ0n) is 13.2. The van der Waals surface area contributed by atoms with Gasteiger partial charge in [-0.05, 0) is 44.4 Å². The fourth-order valence-corrected chi connectivity index (χ4v) is 2.61. The molecule has 1 aliphatic heterocycles. The van der Waals surface area contributed by atoms with E-state index in [0.29, 0.717) is 5.92 Å².